The molecule has 0 atom stereocenters. The van der Waals surface area contributed by atoms with Gasteiger partial charge in [-0.3, -0.25) is 4.79 Å². The molecule has 0 aliphatic carbocycles. The van der Waals surface area contributed by atoms with Crippen LogP contribution in [0.3, 0.4) is 0 Å². The number of amides is 1. The fourth-order valence-electron chi connectivity index (χ4n) is 2.62. The van der Waals surface area contributed by atoms with E-state index in [0.717, 1.165) is 15.4 Å². The number of hydrogen-bond donors (Lipinski definition) is 1. The molecule has 0 aromatic heterocycles. The van der Waals surface area contributed by atoms with Crippen LogP contribution in [-0.4, -0.2) is 45.5 Å². The van der Waals surface area contributed by atoms with Gasteiger partial charge in [-0.15, -0.1) is 0 Å². The van der Waals surface area contributed by atoms with Gasteiger partial charge in [0.1, 0.15) is 10.6 Å². The predicted octanol–water partition coefficient (Wildman–Crippen LogP) is 2.90. The summed E-state index contributed by atoms with van der Waals surface area (Å²) in [6.07, 6.45) is 1.51. The van der Waals surface area contributed by atoms with Gasteiger partial charge in [-0.2, -0.15) is 9.41 Å². The van der Waals surface area contributed by atoms with Gasteiger partial charge >= 0.3 is 0 Å². The van der Waals surface area contributed by atoms with Gasteiger partial charge in [0.05, 0.1) is 19.9 Å². The predicted molar refractivity (Wildman–Crippen MR) is 114 cm³/mol. The zero-order chi connectivity index (χ0) is 21.6. The van der Waals surface area contributed by atoms with E-state index in [4.69, 9.17) is 4.74 Å². The van der Waals surface area contributed by atoms with Gasteiger partial charge in [-0.1, -0.05) is 44.2 Å². The van der Waals surface area contributed by atoms with Gasteiger partial charge in [0.2, 0.25) is 10.0 Å². The van der Waals surface area contributed by atoms with Gasteiger partial charge in [0.15, 0.2) is 0 Å². The summed E-state index contributed by atoms with van der Waals surface area (Å²) in [5.41, 5.74) is 5.18. The zero-order valence-corrected chi connectivity index (χ0v) is 18.2. The lowest BCUT2D eigenvalue weighted by atomic mass is 10.0. The molecule has 0 fully saturated rings. The lowest BCUT2D eigenvalue weighted by Crippen LogP contribution is -2.36. The molecule has 0 saturated carbocycles. The molecule has 29 heavy (non-hydrogen) atoms. The van der Waals surface area contributed by atoms with Crippen LogP contribution in [0, 0.1) is 6.92 Å². The first-order valence-corrected chi connectivity index (χ1v) is 10.6. The van der Waals surface area contributed by atoms with E-state index in [-0.39, 0.29) is 17.2 Å². The number of carbonyl (C=O) groups is 1. The molecular formula is C21H27N3O4S. The van der Waals surface area contributed by atoms with Crippen LogP contribution in [0.5, 0.6) is 5.75 Å². The van der Waals surface area contributed by atoms with Crippen LogP contribution in [0.1, 0.15) is 36.5 Å². The Hall–Kier alpha value is -2.71. The van der Waals surface area contributed by atoms with Crippen molar-refractivity contribution in [2.45, 2.75) is 31.6 Å². The van der Waals surface area contributed by atoms with Crippen LogP contribution in [0.25, 0.3) is 0 Å². The Labute approximate surface area is 172 Å². The number of carbonyl (C=O) groups excluding carboxylic acids is 1. The molecule has 0 saturated heterocycles. The number of ether oxygens (including phenoxy) is 1. The van der Waals surface area contributed by atoms with Crippen molar-refractivity contribution in [1.82, 2.24) is 9.73 Å². The molecular weight excluding hydrogens is 390 g/mol. The van der Waals surface area contributed by atoms with Gasteiger partial charge in [-0.05, 0) is 41.7 Å². The Morgan fingerprint density at radius 3 is 2.45 bits per heavy atom. The SMILES string of the molecule is COc1ccc(C)cc1S(=O)(=O)N(C)CC(=O)N/N=C\c1ccc(C(C)C)cc1. The third-order valence-electron chi connectivity index (χ3n) is 4.38. The summed E-state index contributed by atoms with van der Waals surface area (Å²) in [5.74, 6) is 0.119. The Balaban J connectivity index is 2.02. The minimum atomic E-state index is -3.89. The van der Waals surface area contributed by atoms with Crippen molar-refractivity contribution in [1.29, 1.82) is 0 Å². The van der Waals surface area contributed by atoms with E-state index in [1.165, 1.54) is 32.0 Å². The standard InChI is InChI=1S/C21H27N3O4S/c1-15(2)18-9-7-17(8-10-18)13-22-23-21(25)14-24(4)29(26,27)20-12-16(3)6-11-19(20)28-5/h6-13,15H,14H2,1-5H3,(H,23,25)/b22-13-. The number of benzene rings is 2. The van der Waals surface area contributed by atoms with E-state index < -0.39 is 15.9 Å². The van der Waals surface area contributed by atoms with Crippen LogP contribution in [0.4, 0.5) is 0 Å². The lowest BCUT2D eigenvalue weighted by molar-refractivity contribution is -0.121. The molecule has 0 bridgehead atoms. The lowest BCUT2D eigenvalue weighted by Gasteiger charge is -2.18. The third kappa shape index (κ3) is 5.88. The van der Waals surface area contributed by atoms with Crippen LogP contribution < -0.4 is 10.2 Å². The molecule has 2 aromatic rings. The Morgan fingerprint density at radius 2 is 1.86 bits per heavy atom. The molecule has 0 aliphatic rings. The maximum Gasteiger partial charge on any atom is 0.255 e. The van der Waals surface area contributed by atoms with Crippen LogP contribution in [0.15, 0.2) is 52.5 Å². The molecule has 1 amide bonds. The van der Waals surface area contributed by atoms with Crippen molar-refractivity contribution >= 4 is 22.1 Å². The molecule has 8 heteroatoms. The second-order valence-electron chi connectivity index (χ2n) is 7.03. The number of rotatable bonds is 8. The third-order valence-corrected chi connectivity index (χ3v) is 6.20. The first-order chi connectivity index (χ1) is 13.6. The maximum atomic E-state index is 12.8. The van der Waals surface area contributed by atoms with Crippen molar-refractivity contribution in [3.63, 3.8) is 0 Å². The second-order valence-corrected chi connectivity index (χ2v) is 9.04. The number of hydrogen-bond acceptors (Lipinski definition) is 5. The van der Waals surface area contributed by atoms with Crippen molar-refractivity contribution in [3.05, 3.63) is 59.2 Å². The quantitative estimate of drug-likeness (QED) is 0.528. The van der Waals surface area contributed by atoms with Gasteiger partial charge in [-0.25, -0.2) is 13.8 Å². The van der Waals surface area contributed by atoms with Crippen LogP contribution in [0.2, 0.25) is 0 Å². The van der Waals surface area contributed by atoms with E-state index in [1.807, 2.05) is 24.3 Å². The van der Waals surface area contributed by atoms with Gasteiger partial charge < -0.3 is 4.74 Å². The number of nitrogens with zero attached hydrogens (tertiary/aromatic N) is 2. The Bertz CT molecular complexity index is 983. The molecule has 0 unspecified atom stereocenters. The molecule has 156 valence electrons. The first kappa shape index (κ1) is 22.6. The molecule has 2 rings (SSSR count). The normalized spacial score (nSPS) is 12.0. The van der Waals surface area contributed by atoms with Crippen molar-refractivity contribution in [2.75, 3.05) is 20.7 Å². The highest BCUT2D eigenvalue weighted by Gasteiger charge is 2.26. The Kier molecular flexibility index (Phi) is 7.53. The smallest absolute Gasteiger partial charge is 0.255 e. The van der Waals surface area contributed by atoms with Crippen LogP contribution >= 0.6 is 0 Å². The fourth-order valence-corrected chi connectivity index (χ4v) is 3.99. The van der Waals surface area contributed by atoms with E-state index in [1.54, 1.807) is 19.1 Å². The number of likely N-dealkylation sites (N-methyl/N-ethyl adjacent to an activating group) is 1. The molecule has 0 spiro atoms. The highest BCUT2D eigenvalue weighted by Crippen LogP contribution is 2.27. The number of hydrazone groups is 1. The largest absolute Gasteiger partial charge is 0.495 e. The first-order valence-electron chi connectivity index (χ1n) is 9.18. The minimum absolute atomic E-state index is 0.0176. The Morgan fingerprint density at radius 1 is 1.21 bits per heavy atom. The highest BCUT2D eigenvalue weighted by atomic mass is 32.2. The van der Waals surface area contributed by atoms with Crippen molar-refractivity contribution in [2.24, 2.45) is 5.10 Å². The molecule has 2 aromatic carbocycles. The van der Waals surface area contributed by atoms with Crippen LogP contribution in [-0.2, 0) is 14.8 Å². The summed E-state index contributed by atoms with van der Waals surface area (Å²) in [6.45, 7) is 5.64. The van der Waals surface area contributed by atoms with E-state index in [2.05, 4.69) is 24.4 Å². The summed E-state index contributed by atoms with van der Waals surface area (Å²) in [4.78, 5) is 12.1. The molecule has 1 N–H and O–H groups in total. The number of aryl methyl sites for hydroxylation is 1. The number of nitrogens with one attached hydrogen (secondary N) is 1. The highest BCUT2D eigenvalue weighted by molar-refractivity contribution is 7.89. The monoisotopic (exact) mass is 417 g/mol. The van der Waals surface area contributed by atoms with Crippen molar-refractivity contribution in [3.8, 4) is 5.75 Å². The molecule has 0 aliphatic heterocycles. The zero-order valence-electron chi connectivity index (χ0n) is 17.3. The van der Waals surface area contributed by atoms with E-state index in [9.17, 15) is 13.2 Å². The number of methoxy groups -OCH3 is 1. The second kappa shape index (κ2) is 9.67. The molecule has 7 nitrogen and oxygen atoms in total. The topological polar surface area (TPSA) is 88.1 Å². The van der Waals surface area contributed by atoms with E-state index in [0.29, 0.717) is 5.92 Å². The fraction of sp³-hybridized carbons (Fsp3) is 0.333. The molecule has 0 heterocycles. The summed E-state index contributed by atoms with van der Waals surface area (Å²) in [7, 11) is -1.15. The van der Waals surface area contributed by atoms with Gasteiger partial charge in [0, 0.05) is 7.05 Å². The summed E-state index contributed by atoms with van der Waals surface area (Å²) in [6, 6.07) is 12.7. The van der Waals surface area contributed by atoms with E-state index >= 15 is 0 Å². The summed E-state index contributed by atoms with van der Waals surface area (Å²) >= 11 is 0. The average Bonchev–Trinajstić information content (AvgIpc) is 2.68. The van der Waals surface area contributed by atoms with Gasteiger partial charge in [0.25, 0.3) is 5.91 Å². The number of sulfonamides is 1. The summed E-state index contributed by atoms with van der Waals surface area (Å²) in [5, 5.41) is 3.90. The average molecular weight is 418 g/mol. The summed E-state index contributed by atoms with van der Waals surface area (Å²) < 4.78 is 31.7. The minimum Gasteiger partial charge on any atom is -0.495 e. The van der Waals surface area contributed by atoms with Crippen molar-refractivity contribution < 1.29 is 17.9 Å². The molecule has 0 radical (unpaired) electrons. The maximum absolute atomic E-state index is 12.8.